The van der Waals surface area contributed by atoms with E-state index in [1.165, 1.54) is 0 Å². The van der Waals surface area contributed by atoms with Crippen molar-refractivity contribution in [3.8, 4) is 0 Å². The molecule has 4 N–H and O–H groups in total. The number of anilines is 2. The van der Waals surface area contributed by atoms with Crippen LogP contribution in [0.4, 0.5) is 22.1 Å². The molecule has 24 heavy (non-hydrogen) atoms. The molecule has 1 aliphatic rings. The number of furan rings is 1. The van der Waals surface area contributed by atoms with Crippen LogP contribution in [0.25, 0.3) is 0 Å². The summed E-state index contributed by atoms with van der Waals surface area (Å²) in [5.74, 6) is 0.526. The summed E-state index contributed by atoms with van der Waals surface area (Å²) in [6.45, 7) is 5.78. The molecule has 0 bridgehead atoms. The molecule has 7 heteroatoms. The van der Waals surface area contributed by atoms with E-state index in [1.807, 2.05) is 56.0 Å². The Morgan fingerprint density at radius 2 is 2.12 bits per heavy atom. The summed E-state index contributed by atoms with van der Waals surface area (Å²) in [6, 6.07) is 8.98. The van der Waals surface area contributed by atoms with Crippen molar-refractivity contribution in [2.24, 2.45) is 10.7 Å². The molecule has 1 aromatic carbocycles. The Labute approximate surface area is 140 Å². The molecule has 0 radical (unpaired) electrons. The first-order valence-electron chi connectivity index (χ1n) is 7.68. The molecule has 0 spiro atoms. The summed E-state index contributed by atoms with van der Waals surface area (Å²) in [7, 11) is 0. The number of fused-ring (bicyclic) bond motifs is 1. The van der Waals surface area contributed by atoms with Crippen LogP contribution in [0.15, 0.2) is 46.0 Å². The van der Waals surface area contributed by atoms with Gasteiger partial charge < -0.3 is 25.7 Å². The summed E-state index contributed by atoms with van der Waals surface area (Å²) < 4.78 is 5.26. The van der Waals surface area contributed by atoms with E-state index >= 15 is 0 Å². The number of amides is 2. The highest BCUT2D eigenvalue weighted by molar-refractivity contribution is 5.91. The normalized spacial score (nSPS) is 16.7. The van der Waals surface area contributed by atoms with Crippen LogP contribution in [0.3, 0.4) is 0 Å². The quantitative estimate of drug-likeness (QED) is 0.788. The Morgan fingerprint density at radius 3 is 2.88 bits per heavy atom. The summed E-state index contributed by atoms with van der Waals surface area (Å²) in [4.78, 5) is 18.1. The Bertz CT molecular complexity index is 775. The molecule has 0 saturated carbocycles. The first-order chi connectivity index (χ1) is 11.3. The number of nitrogens with two attached hydrogens (primary N) is 1. The lowest BCUT2D eigenvalue weighted by atomic mass is 10.1. The Hall–Kier alpha value is -2.80. The minimum atomic E-state index is -0.394. The Kier molecular flexibility index (Phi) is 4.02. The molecule has 0 saturated heterocycles. The second kappa shape index (κ2) is 6.01. The van der Waals surface area contributed by atoms with E-state index in [-0.39, 0.29) is 11.6 Å². The highest BCUT2D eigenvalue weighted by Crippen LogP contribution is 2.34. The Balaban J connectivity index is 1.78. The Morgan fingerprint density at radius 1 is 1.33 bits per heavy atom. The monoisotopic (exact) mass is 327 g/mol. The van der Waals surface area contributed by atoms with Crippen LogP contribution < -0.4 is 21.3 Å². The number of carbonyl (C=O) groups excluding carboxylic acids is 1. The second-order valence-electron chi connectivity index (χ2n) is 6.66. The lowest BCUT2D eigenvalue weighted by Crippen LogP contribution is -2.43. The van der Waals surface area contributed by atoms with Crippen molar-refractivity contribution < 1.29 is 9.21 Å². The third kappa shape index (κ3) is 3.41. The second-order valence-corrected chi connectivity index (χ2v) is 6.66. The zero-order valence-corrected chi connectivity index (χ0v) is 13.9. The van der Waals surface area contributed by atoms with E-state index in [4.69, 9.17) is 10.2 Å². The fraction of sp³-hybridized carbons (Fsp3) is 0.294. The third-order valence-electron chi connectivity index (χ3n) is 3.48. The number of aliphatic imine (C=N–C) groups is 1. The lowest BCUT2D eigenvalue weighted by Gasteiger charge is -2.29. The molecule has 2 heterocycles. The van der Waals surface area contributed by atoms with Gasteiger partial charge in [0.2, 0.25) is 5.88 Å². The predicted octanol–water partition coefficient (Wildman–Crippen LogP) is 3.34. The fourth-order valence-corrected chi connectivity index (χ4v) is 2.45. The number of hydrogen-bond acceptors (Lipinski definition) is 5. The summed E-state index contributed by atoms with van der Waals surface area (Å²) in [5.41, 5.74) is 8.29. The molecule has 2 amide bonds. The molecule has 1 atom stereocenters. The van der Waals surface area contributed by atoms with Crippen LogP contribution in [-0.4, -0.2) is 17.9 Å². The molecular weight excluding hydrogens is 306 g/mol. The van der Waals surface area contributed by atoms with Crippen molar-refractivity contribution >= 4 is 29.6 Å². The molecule has 1 aromatic heterocycles. The molecule has 1 unspecified atom stereocenters. The van der Waals surface area contributed by atoms with Crippen molar-refractivity contribution in [1.82, 2.24) is 5.32 Å². The van der Waals surface area contributed by atoms with E-state index in [0.29, 0.717) is 11.6 Å². The highest BCUT2D eigenvalue weighted by atomic mass is 16.3. The smallest absolute Gasteiger partial charge is 0.319 e. The maximum Gasteiger partial charge on any atom is 0.319 e. The molecule has 7 nitrogen and oxygen atoms in total. The van der Waals surface area contributed by atoms with Crippen molar-refractivity contribution in [3.63, 3.8) is 0 Å². The zero-order valence-electron chi connectivity index (χ0n) is 13.9. The van der Waals surface area contributed by atoms with Crippen molar-refractivity contribution in [2.45, 2.75) is 32.5 Å². The van der Waals surface area contributed by atoms with Crippen molar-refractivity contribution in [2.75, 3.05) is 10.2 Å². The molecule has 0 aliphatic carbocycles. The van der Waals surface area contributed by atoms with Gasteiger partial charge in [-0.1, -0.05) is 6.07 Å². The number of hydrogen-bond donors (Lipinski definition) is 3. The predicted molar refractivity (Wildman–Crippen MR) is 94.6 cm³/mol. The maximum absolute atomic E-state index is 12.0. The number of carbonyl (C=O) groups is 1. The SMILES string of the molecule is CC(C)(C)NC(=O)Nc1cccc(N2C=Nc3occc3C2N)c1. The molecule has 2 aromatic rings. The zero-order chi connectivity index (χ0) is 17.3. The van der Waals surface area contributed by atoms with Gasteiger partial charge in [-0.15, -0.1) is 0 Å². The minimum Gasteiger partial charge on any atom is -0.446 e. The molecule has 1 aliphatic heterocycles. The summed E-state index contributed by atoms with van der Waals surface area (Å²) in [5, 5.41) is 5.68. The van der Waals surface area contributed by atoms with Gasteiger partial charge in [0.05, 0.1) is 11.8 Å². The number of rotatable bonds is 2. The van der Waals surface area contributed by atoms with Gasteiger partial charge in [-0.3, -0.25) is 0 Å². The minimum absolute atomic E-state index is 0.256. The summed E-state index contributed by atoms with van der Waals surface area (Å²) in [6.07, 6.45) is 2.81. The first-order valence-corrected chi connectivity index (χ1v) is 7.68. The van der Waals surface area contributed by atoms with Crippen LogP contribution in [-0.2, 0) is 0 Å². The molecular formula is C17H21N5O2. The van der Waals surface area contributed by atoms with Crippen LogP contribution in [0.2, 0.25) is 0 Å². The van der Waals surface area contributed by atoms with E-state index in [0.717, 1.165) is 11.3 Å². The van der Waals surface area contributed by atoms with Gasteiger partial charge in [0, 0.05) is 16.9 Å². The number of urea groups is 1. The van der Waals surface area contributed by atoms with Gasteiger partial charge in [0.25, 0.3) is 0 Å². The third-order valence-corrected chi connectivity index (χ3v) is 3.48. The van der Waals surface area contributed by atoms with Gasteiger partial charge >= 0.3 is 6.03 Å². The van der Waals surface area contributed by atoms with Crippen molar-refractivity contribution in [3.05, 3.63) is 42.2 Å². The van der Waals surface area contributed by atoms with E-state index < -0.39 is 6.17 Å². The van der Waals surface area contributed by atoms with Gasteiger partial charge in [-0.2, -0.15) is 0 Å². The topological polar surface area (TPSA) is 95.9 Å². The number of nitrogens with one attached hydrogen (secondary N) is 2. The molecule has 0 fully saturated rings. The van der Waals surface area contributed by atoms with E-state index in [2.05, 4.69) is 15.6 Å². The first kappa shape index (κ1) is 16.1. The van der Waals surface area contributed by atoms with Crippen LogP contribution in [0.1, 0.15) is 32.5 Å². The van der Waals surface area contributed by atoms with Crippen LogP contribution in [0, 0.1) is 0 Å². The maximum atomic E-state index is 12.0. The highest BCUT2D eigenvalue weighted by Gasteiger charge is 2.24. The van der Waals surface area contributed by atoms with Gasteiger partial charge in [-0.05, 0) is 45.0 Å². The molecule has 126 valence electrons. The standard InChI is InChI=1S/C17H21N5O2/c1-17(2,3)21-16(23)20-11-5-4-6-12(9-11)22-10-19-15-13(14(22)18)7-8-24-15/h4-10,14H,18H2,1-3H3,(H2,20,21,23). The van der Waals surface area contributed by atoms with Crippen LogP contribution >= 0.6 is 0 Å². The average Bonchev–Trinajstić information content (AvgIpc) is 2.95. The summed E-state index contributed by atoms with van der Waals surface area (Å²) >= 11 is 0. The van der Waals surface area contributed by atoms with Gasteiger partial charge in [0.15, 0.2) is 0 Å². The number of nitrogens with zero attached hydrogens (tertiary/aromatic N) is 2. The van der Waals surface area contributed by atoms with E-state index in [9.17, 15) is 4.79 Å². The van der Waals surface area contributed by atoms with Crippen molar-refractivity contribution in [1.29, 1.82) is 0 Å². The van der Waals surface area contributed by atoms with Crippen LogP contribution in [0.5, 0.6) is 0 Å². The number of benzene rings is 1. The largest absolute Gasteiger partial charge is 0.446 e. The fourth-order valence-electron chi connectivity index (χ4n) is 2.45. The van der Waals surface area contributed by atoms with Gasteiger partial charge in [-0.25, -0.2) is 9.79 Å². The average molecular weight is 327 g/mol. The van der Waals surface area contributed by atoms with Gasteiger partial charge in [0.1, 0.15) is 12.5 Å². The molecule has 3 rings (SSSR count). The lowest BCUT2D eigenvalue weighted by molar-refractivity contribution is 0.244. The van der Waals surface area contributed by atoms with E-state index in [1.54, 1.807) is 12.6 Å².